The van der Waals surface area contributed by atoms with Crippen molar-refractivity contribution in [2.45, 2.75) is 6.61 Å². The van der Waals surface area contributed by atoms with Crippen molar-refractivity contribution in [3.8, 4) is 17.0 Å². The number of aromatic amines is 1. The van der Waals surface area contributed by atoms with Crippen molar-refractivity contribution in [2.75, 3.05) is 0 Å². The summed E-state index contributed by atoms with van der Waals surface area (Å²) in [6.07, 6.45) is 1.33. The van der Waals surface area contributed by atoms with E-state index in [-0.39, 0.29) is 11.4 Å². The van der Waals surface area contributed by atoms with E-state index in [1.165, 1.54) is 18.3 Å². The third-order valence-corrected chi connectivity index (χ3v) is 4.68. The Morgan fingerprint density at radius 1 is 1.06 bits per heavy atom. The van der Waals surface area contributed by atoms with Crippen molar-refractivity contribution in [1.29, 1.82) is 0 Å². The van der Waals surface area contributed by atoms with Crippen LogP contribution >= 0.6 is 0 Å². The topological polar surface area (TPSA) is 123 Å². The molecule has 0 aliphatic heterocycles. The standard InChI is InChI=1S/C24H19N5O4/c30-24(28-25-15-18-9-6-10-19(13-18)29(31)32)22-14-21(26-27-22)20-11-4-5-12-23(20)33-16-17-7-2-1-3-8-17/h1-15H,16H2,(H,26,27)(H,28,30). The Balaban J connectivity index is 1.43. The van der Waals surface area contributed by atoms with E-state index in [0.717, 1.165) is 11.1 Å². The van der Waals surface area contributed by atoms with Gasteiger partial charge in [-0.25, -0.2) is 5.43 Å². The summed E-state index contributed by atoms with van der Waals surface area (Å²) in [7, 11) is 0. The van der Waals surface area contributed by atoms with Crippen molar-refractivity contribution < 1.29 is 14.5 Å². The van der Waals surface area contributed by atoms with Crippen LogP contribution in [0.5, 0.6) is 5.75 Å². The van der Waals surface area contributed by atoms with E-state index in [4.69, 9.17) is 4.74 Å². The van der Waals surface area contributed by atoms with Crippen LogP contribution < -0.4 is 10.2 Å². The fraction of sp³-hybridized carbons (Fsp3) is 0.0417. The van der Waals surface area contributed by atoms with Crippen LogP contribution in [0, 0.1) is 10.1 Å². The highest BCUT2D eigenvalue weighted by atomic mass is 16.6. The molecule has 0 bridgehead atoms. The van der Waals surface area contributed by atoms with Gasteiger partial charge in [0.15, 0.2) is 0 Å². The van der Waals surface area contributed by atoms with Gasteiger partial charge in [-0.3, -0.25) is 20.0 Å². The molecule has 4 aromatic rings. The lowest BCUT2D eigenvalue weighted by Gasteiger charge is -2.10. The zero-order chi connectivity index (χ0) is 23.0. The van der Waals surface area contributed by atoms with Crippen molar-refractivity contribution in [2.24, 2.45) is 5.10 Å². The lowest BCUT2D eigenvalue weighted by molar-refractivity contribution is -0.384. The normalized spacial score (nSPS) is 10.8. The number of para-hydroxylation sites is 1. The van der Waals surface area contributed by atoms with Gasteiger partial charge in [-0.2, -0.15) is 10.2 Å². The zero-order valence-electron chi connectivity index (χ0n) is 17.3. The smallest absolute Gasteiger partial charge is 0.289 e. The number of rotatable bonds is 8. The summed E-state index contributed by atoms with van der Waals surface area (Å²) >= 11 is 0. The van der Waals surface area contributed by atoms with Gasteiger partial charge < -0.3 is 4.74 Å². The number of carbonyl (C=O) groups excluding carboxylic acids is 1. The van der Waals surface area contributed by atoms with E-state index < -0.39 is 10.8 Å². The number of benzene rings is 3. The number of carbonyl (C=O) groups is 1. The highest BCUT2D eigenvalue weighted by molar-refractivity contribution is 5.94. The Kier molecular flexibility index (Phi) is 6.51. The lowest BCUT2D eigenvalue weighted by Crippen LogP contribution is -2.18. The average molecular weight is 441 g/mol. The summed E-state index contributed by atoms with van der Waals surface area (Å²) in [4.78, 5) is 22.8. The SMILES string of the molecule is O=C(NN=Cc1cccc([N+](=O)[O-])c1)c1cc(-c2ccccc2OCc2ccccc2)n[nH]1. The summed E-state index contributed by atoms with van der Waals surface area (Å²) in [5, 5.41) is 21.6. The first kappa shape index (κ1) is 21.4. The maximum atomic E-state index is 12.4. The van der Waals surface area contributed by atoms with Gasteiger partial charge in [0.1, 0.15) is 18.1 Å². The molecule has 0 spiro atoms. The molecule has 0 fully saturated rings. The molecule has 0 radical (unpaired) electrons. The minimum absolute atomic E-state index is 0.0587. The molecule has 1 heterocycles. The number of nitrogens with one attached hydrogen (secondary N) is 2. The predicted octanol–water partition coefficient (Wildman–Crippen LogP) is 4.33. The highest BCUT2D eigenvalue weighted by Crippen LogP contribution is 2.29. The van der Waals surface area contributed by atoms with Crippen molar-refractivity contribution in [3.05, 3.63) is 112 Å². The Bertz CT molecular complexity index is 1300. The molecule has 0 saturated carbocycles. The summed E-state index contributed by atoms with van der Waals surface area (Å²) in [5.74, 6) is 0.140. The molecule has 164 valence electrons. The van der Waals surface area contributed by atoms with Crippen LogP contribution in [0.25, 0.3) is 11.3 Å². The molecule has 33 heavy (non-hydrogen) atoms. The minimum atomic E-state index is -0.502. The molecule has 3 aromatic carbocycles. The van der Waals surface area contributed by atoms with Gasteiger partial charge in [-0.1, -0.05) is 54.6 Å². The Hall–Kier alpha value is -4.79. The summed E-state index contributed by atoms with van der Waals surface area (Å²) in [6.45, 7) is 0.405. The monoisotopic (exact) mass is 441 g/mol. The van der Waals surface area contributed by atoms with Crippen LogP contribution in [-0.2, 0) is 6.61 Å². The van der Waals surface area contributed by atoms with Gasteiger partial charge in [-0.05, 0) is 23.8 Å². The van der Waals surface area contributed by atoms with Crippen LogP contribution in [0.1, 0.15) is 21.6 Å². The van der Waals surface area contributed by atoms with Gasteiger partial charge in [0.05, 0.1) is 16.8 Å². The predicted molar refractivity (Wildman–Crippen MR) is 123 cm³/mol. The van der Waals surface area contributed by atoms with Gasteiger partial charge in [0.25, 0.3) is 11.6 Å². The first-order valence-corrected chi connectivity index (χ1v) is 9.99. The molecule has 1 amide bonds. The highest BCUT2D eigenvalue weighted by Gasteiger charge is 2.14. The number of hydrogen-bond donors (Lipinski definition) is 2. The van der Waals surface area contributed by atoms with Crippen LogP contribution in [0.3, 0.4) is 0 Å². The lowest BCUT2D eigenvalue weighted by atomic mass is 10.1. The van der Waals surface area contributed by atoms with E-state index in [9.17, 15) is 14.9 Å². The Labute approximate surface area is 188 Å². The fourth-order valence-electron chi connectivity index (χ4n) is 3.06. The van der Waals surface area contributed by atoms with E-state index >= 15 is 0 Å². The summed E-state index contributed by atoms with van der Waals surface area (Å²) in [6, 6.07) is 24.8. The second-order valence-corrected chi connectivity index (χ2v) is 6.99. The van der Waals surface area contributed by atoms with E-state index in [1.807, 2.05) is 54.6 Å². The first-order chi connectivity index (χ1) is 16.1. The molecule has 9 heteroatoms. The Morgan fingerprint density at radius 3 is 2.67 bits per heavy atom. The molecule has 0 atom stereocenters. The molecule has 0 saturated heterocycles. The second kappa shape index (κ2) is 10.0. The number of hydrazone groups is 1. The van der Waals surface area contributed by atoms with Crippen LogP contribution in [0.4, 0.5) is 5.69 Å². The Morgan fingerprint density at radius 2 is 1.85 bits per heavy atom. The third-order valence-electron chi connectivity index (χ3n) is 4.68. The fourth-order valence-corrected chi connectivity index (χ4v) is 3.06. The summed E-state index contributed by atoms with van der Waals surface area (Å²) in [5.41, 5.74) is 5.34. The number of nitro groups is 1. The van der Waals surface area contributed by atoms with Crippen LogP contribution in [0.15, 0.2) is 90.0 Å². The zero-order valence-corrected chi connectivity index (χ0v) is 17.3. The maximum Gasteiger partial charge on any atom is 0.289 e. The largest absolute Gasteiger partial charge is 0.488 e. The molecule has 0 unspecified atom stereocenters. The number of H-pyrrole nitrogens is 1. The first-order valence-electron chi connectivity index (χ1n) is 9.99. The second-order valence-electron chi connectivity index (χ2n) is 6.99. The summed E-state index contributed by atoms with van der Waals surface area (Å²) < 4.78 is 5.96. The molecule has 0 aliphatic carbocycles. The minimum Gasteiger partial charge on any atom is -0.488 e. The number of hydrogen-bond acceptors (Lipinski definition) is 6. The maximum absolute atomic E-state index is 12.4. The molecule has 2 N–H and O–H groups in total. The quantitative estimate of drug-likeness (QED) is 0.239. The number of aromatic nitrogens is 2. The van der Waals surface area contributed by atoms with Crippen molar-refractivity contribution in [1.82, 2.24) is 15.6 Å². The van der Waals surface area contributed by atoms with Crippen LogP contribution in [0.2, 0.25) is 0 Å². The van der Waals surface area contributed by atoms with Gasteiger partial charge in [-0.15, -0.1) is 0 Å². The third kappa shape index (κ3) is 5.47. The average Bonchev–Trinajstić information content (AvgIpc) is 3.34. The van der Waals surface area contributed by atoms with E-state index in [1.54, 1.807) is 18.2 Å². The van der Waals surface area contributed by atoms with Gasteiger partial charge in [0, 0.05) is 23.3 Å². The number of nitro benzene ring substituents is 1. The van der Waals surface area contributed by atoms with Crippen molar-refractivity contribution in [3.63, 3.8) is 0 Å². The van der Waals surface area contributed by atoms with Gasteiger partial charge in [0.2, 0.25) is 0 Å². The van der Waals surface area contributed by atoms with E-state index in [0.29, 0.717) is 23.6 Å². The van der Waals surface area contributed by atoms with Gasteiger partial charge >= 0.3 is 0 Å². The molecular formula is C24H19N5O4. The molecule has 0 aliphatic rings. The molecule has 1 aromatic heterocycles. The number of ether oxygens (including phenoxy) is 1. The van der Waals surface area contributed by atoms with E-state index in [2.05, 4.69) is 20.7 Å². The van der Waals surface area contributed by atoms with Crippen LogP contribution in [-0.4, -0.2) is 27.2 Å². The molecule has 9 nitrogen and oxygen atoms in total. The molecular weight excluding hydrogens is 422 g/mol. The number of amides is 1. The molecule has 4 rings (SSSR count). The number of nitrogens with zero attached hydrogens (tertiary/aromatic N) is 3. The van der Waals surface area contributed by atoms with Crippen molar-refractivity contribution >= 4 is 17.8 Å². The number of non-ortho nitro benzene ring substituents is 1.